The molecule has 0 saturated carbocycles. The van der Waals surface area contributed by atoms with Gasteiger partial charge in [-0.3, -0.25) is 4.79 Å². The van der Waals surface area contributed by atoms with E-state index in [1.54, 1.807) is 6.07 Å². The largest absolute Gasteiger partial charge is 0.466 e. The Kier molecular flexibility index (Phi) is 4.23. The predicted octanol–water partition coefficient (Wildman–Crippen LogP) is 2.60. The molecule has 0 spiro atoms. The molecule has 1 amide bonds. The summed E-state index contributed by atoms with van der Waals surface area (Å²) in [5.74, 6) is 1.71. The van der Waals surface area contributed by atoms with E-state index in [1.165, 1.54) is 0 Å². The number of rotatable bonds is 5. The summed E-state index contributed by atoms with van der Waals surface area (Å²) in [6.07, 6.45) is 0.700. The Morgan fingerprint density at radius 3 is 2.79 bits per heavy atom. The fourth-order valence-electron chi connectivity index (χ4n) is 1.84. The molecule has 0 saturated heterocycles. The average molecular weight is 258 g/mol. The molecule has 0 aliphatic carbocycles. The van der Waals surface area contributed by atoms with Crippen molar-refractivity contribution in [1.29, 1.82) is 0 Å². The molecule has 1 aromatic heterocycles. The first-order valence-corrected chi connectivity index (χ1v) is 6.30. The molecule has 0 unspecified atom stereocenters. The van der Waals surface area contributed by atoms with Crippen LogP contribution in [0.1, 0.15) is 21.9 Å². The van der Waals surface area contributed by atoms with Gasteiger partial charge in [-0.05, 0) is 37.3 Å². The van der Waals surface area contributed by atoms with E-state index >= 15 is 0 Å². The van der Waals surface area contributed by atoms with Crippen LogP contribution in [0.2, 0.25) is 0 Å². The Morgan fingerprint density at radius 2 is 2.11 bits per heavy atom. The number of furan rings is 1. The molecule has 4 nitrogen and oxygen atoms in total. The molecular weight excluding hydrogens is 240 g/mol. The van der Waals surface area contributed by atoms with Crippen molar-refractivity contribution >= 4 is 11.6 Å². The molecule has 2 N–H and O–H groups in total. The molecule has 2 rings (SSSR count). The van der Waals surface area contributed by atoms with E-state index in [0.29, 0.717) is 18.5 Å². The van der Waals surface area contributed by atoms with Crippen LogP contribution in [0.5, 0.6) is 0 Å². The molecule has 1 heterocycles. The molecule has 0 bridgehead atoms. The van der Waals surface area contributed by atoms with E-state index in [0.717, 1.165) is 17.2 Å². The van der Waals surface area contributed by atoms with Gasteiger partial charge in [0.2, 0.25) is 0 Å². The summed E-state index contributed by atoms with van der Waals surface area (Å²) in [5.41, 5.74) is 1.58. The van der Waals surface area contributed by atoms with Crippen LogP contribution in [0.25, 0.3) is 0 Å². The quantitative estimate of drug-likeness (QED) is 0.866. The number of carbonyl (C=O) groups is 1. The van der Waals surface area contributed by atoms with Gasteiger partial charge in [0.15, 0.2) is 0 Å². The maximum atomic E-state index is 11.9. The number of nitrogens with one attached hydrogen (secondary N) is 2. The van der Waals surface area contributed by atoms with Crippen LogP contribution in [0, 0.1) is 6.92 Å². The van der Waals surface area contributed by atoms with Crippen molar-refractivity contribution in [3.63, 3.8) is 0 Å². The molecule has 0 radical (unpaired) electrons. The van der Waals surface area contributed by atoms with Crippen molar-refractivity contribution in [1.82, 2.24) is 5.32 Å². The molecule has 4 heteroatoms. The lowest BCUT2D eigenvalue weighted by molar-refractivity contribution is 0.0954. The predicted molar refractivity (Wildman–Crippen MR) is 75.5 cm³/mol. The molecule has 0 aliphatic heterocycles. The van der Waals surface area contributed by atoms with Crippen molar-refractivity contribution in [3.8, 4) is 0 Å². The minimum absolute atomic E-state index is 0.0691. The van der Waals surface area contributed by atoms with Crippen LogP contribution in [0.3, 0.4) is 0 Å². The summed E-state index contributed by atoms with van der Waals surface area (Å²) in [5, 5.41) is 5.89. The number of hydrogen-bond donors (Lipinski definition) is 2. The fourth-order valence-corrected chi connectivity index (χ4v) is 1.84. The minimum Gasteiger partial charge on any atom is -0.466 e. The molecule has 0 aliphatic rings. The van der Waals surface area contributed by atoms with Crippen molar-refractivity contribution in [3.05, 3.63) is 53.5 Å². The van der Waals surface area contributed by atoms with Gasteiger partial charge in [0.1, 0.15) is 11.5 Å². The first kappa shape index (κ1) is 13.2. The van der Waals surface area contributed by atoms with E-state index in [-0.39, 0.29) is 5.91 Å². The van der Waals surface area contributed by atoms with Gasteiger partial charge in [-0.15, -0.1) is 0 Å². The second-order valence-corrected chi connectivity index (χ2v) is 4.35. The van der Waals surface area contributed by atoms with Gasteiger partial charge in [-0.25, -0.2) is 0 Å². The Bertz CT molecular complexity index is 561. The second-order valence-electron chi connectivity index (χ2n) is 4.35. The molecule has 19 heavy (non-hydrogen) atoms. The highest BCUT2D eigenvalue weighted by Gasteiger charge is 2.06. The third-order valence-electron chi connectivity index (χ3n) is 2.87. The van der Waals surface area contributed by atoms with Crippen molar-refractivity contribution in [2.24, 2.45) is 0 Å². The zero-order valence-corrected chi connectivity index (χ0v) is 11.2. The van der Waals surface area contributed by atoms with Crippen LogP contribution in [0.15, 0.2) is 40.8 Å². The maximum Gasteiger partial charge on any atom is 0.251 e. The van der Waals surface area contributed by atoms with Gasteiger partial charge in [-0.2, -0.15) is 0 Å². The Morgan fingerprint density at radius 1 is 1.26 bits per heavy atom. The van der Waals surface area contributed by atoms with E-state index in [2.05, 4.69) is 10.6 Å². The highest BCUT2D eigenvalue weighted by Crippen LogP contribution is 2.10. The normalized spacial score (nSPS) is 10.2. The summed E-state index contributed by atoms with van der Waals surface area (Å²) >= 11 is 0. The first-order valence-electron chi connectivity index (χ1n) is 6.30. The lowest BCUT2D eigenvalue weighted by atomic mass is 10.2. The topological polar surface area (TPSA) is 54.3 Å². The first-order chi connectivity index (χ1) is 9.19. The Labute approximate surface area is 112 Å². The lowest BCUT2D eigenvalue weighted by Crippen LogP contribution is -2.25. The van der Waals surface area contributed by atoms with Gasteiger partial charge in [-0.1, -0.05) is 6.07 Å². The van der Waals surface area contributed by atoms with Crippen molar-refractivity contribution in [2.75, 3.05) is 18.9 Å². The summed E-state index contributed by atoms with van der Waals surface area (Å²) in [4.78, 5) is 11.9. The minimum atomic E-state index is -0.0691. The number of anilines is 1. The number of benzene rings is 1. The van der Waals surface area contributed by atoms with Gasteiger partial charge in [0.25, 0.3) is 5.91 Å². The van der Waals surface area contributed by atoms with E-state index < -0.39 is 0 Å². The number of aryl methyl sites for hydroxylation is 1. The average Bonchev–Trinajstić information content (AvgIpc) is 2.84. The van der Waals surface area contributed by atoms with Crippen molar-refractivity contribution < 1.29 is 9.21 Å². The van der Waals surface area contributed by atoms with Crippen LogP contribution in [0.4, 0.5) is 5.69 Å². The Hall–Kier alpha value is -2.23. The standard InChI is InChI=1S/C15H18N2O2/c1-11-6-7-14(19-11)8-9-17-15(18)12-4-3-5-13(10-12)16-2/h3-7,10,16H,8-9H2,1-2H3,(H,17,18). The zero-order chi connectivity index (χ0) is 13.7. The Balaban J connectivity index is 1.87. The molecule has 0 atom stereocenters. The number of hydrogen-bond acceptors (Lipinski definition) is 3. The molecular formula is C15H18N2O2. The lowest BCUT2D eigenvalue weighted by Gasteiger charge is -2.06. The van der Waals surface area contributed by atoms with E-state index in [4.69, 9.17) is 4.42 Å². The highest BCUT2D eigenvalue weighted by atomic mass is 16.3. The summed E-state index contributed by atoms with van der Waals surface area (Å²) in [7, 11) is 1.83. The van der Waals surface area contributed by atoms with Gasteiger partial charge < -0.3 is 15.1 Å². The monoisotopic (exact) mass is 258 g/mol. The highest BCUT2D eigenvalue weighted by molar-refractivity contribution is 5.95. The van der Waals surface area contributed by atoms with Crippen LogP contribution >= 0.6 is 0 Å². The third-order valence-corrected chi connectivity index (χ3v) is 2.87. The van der Waals surface area contributed by atoms with Crippen LogP contribution in [-0.2, 0) is 6.42 Å². The maximum absolute atomic E-state index is 11.9. The molecule has 2 aromatic rings. The molecule has 0 fully saturated rings. The fraction of sp³-hybridized carbons (Fsp3) is 0.267. The third kappa shape index (κ3) is 3.61. The molecule has 100 valence electrons. The number of amides is 1. The van der Waals surface area contributed by atoms with Crippen molar-refractivity contribution in [2.45, 2.75) is 13.3 Å². The summed E-state index contributed by atoms with van der Waals surface area (Å²) < 4.78 is 5.45. The number of carbonyl (C=O) groups excluding carboxylic acids is 1. The van der Waals surface area contributed by atoms with Gasteiger partial charge in [0, 0.05) is 31.3 Å². The van der Waals surface area contributed by atoms with Crippen LogP contribution < -0.4 is 10.6 Å². The molecule has 1 aromatic carbocycles. The van der Waals surface area contributed by atoms with E-state index in [1.807, 2.05) is 44.3 Å². The summed E-state index contributed by atoms with van der Waals surface area (Å²) in [6, 6.07) is 11.3. The second kappa shape index (κ2) is 6.09. The summed E-state index contributed by atoms with van der Waals surface area (Å²) in [6.45, 7) is 2.47. The van der Waals surface area contributed by atoms with Crippen LogP contribution in [-0.4, -0.2) is 19.5 Å². The van der Waals surface area contributed by atoms with Gasteiger partial charge in [0.05, 0.1) is 0 Å². The van der Waals surface area contributed by atoms with E-state index in [9.17, 15) is 4.79 Å². The smallest absolute Gasteiger partial charge is 0.251 e. The zero-order valence-electron chi connectivity index (χ0n) is 11.2. The van der Waals surface area contributed by atoms with Gasteiger partial charge >= 0.3 is 0 Å². The SMILES string of the molecule is CNc1cccc(C(=O)NCCc2ccc(C)o2)c1.